The Bertz CT molecular complexity index is 1180. The topological polar surface area (TPSA) is 116 Å². The smallest absolute Gasteiger partial charge is 0.267 e. The van der Waals surface area contributed by atoms with Crippen molar-refractivity contribution in [3.8, 4) is 5.75 Å². The van der Waals surface area contributed by atoms with E-state index in [1.165, 1.54) is 6.20 Å². The first-order valence-corrected chi connectivity index (χ1v) is 8.97. The van der Waals surface area contributed by atoms with Gasteiger partial charge in [-0.2, -0.15) is 0 Å². The number of hydrogen-bond donors (Lipinski definition) is 2. The number of hydrogen-bond acceptors (Lipinski definition) is 7. The highest BCUT2D eigenvalue weighted by atomic mass is 35.5. The quantitative estimate of drug-likeness (QED) is 0.471. The van der Waals surface area contributed by atoms with E-state index in [1.807, 2.05) is 18.2 Å². The molecule has 0 saturated carbocycles. The summed E-state index contributed by atoms with van der Waals surface area (Å²) in [4.78, 5) is 27.9. The summed E-state index contributed by atoms with van der Waals surface area (Å²) in [6, 6.07) is 12.4. The molecule has 144 valence electrons. The number of fused-ring (bicyclic) bond motifs is 1. The van der Waals surface area contributed by atoms with E-state index < -0.39 is 5.91 Å². The SMILES string of the molecule is NC(=O)c1cc(COc2ccc3nc(Nc4ccc(Cl)nc4)ncc3c2)ccn1. The Hall–Kier alpha value is -3.78. The van der Waals surface area contributed by atoms with Crippen LogP contribution in [-0.4, -0.2) is 25.8 Å². The molecular formula is C20H15ClN6O2. The predicted molar refractivity (Wildman–Crippen MR) is 109 cm³/mol. The van der Waals surface area contributed by atoms with Gasteiger partial charge in [-0.15, -0.1) is 0 Å². The maximum Gasteiger partial charge on any atom is 0.267 e. The maximum atomic E-state index is 11.2. The lowest BCUT2D eigenvalue weighted by atomic mass is 10.2. The van der Waals surface area contributed by atoms with Crippen LogP contribution in [0.25, 0.3) is 10.9 Å². The average molecular weight is 407 g/mol. The lowest BCUT2D eigenvalue weighted by molar-refractivity contribution is 0.0995. The third-order valence-electron chi connectivity index (χ3n) is 4.02. The fourth-order valence-electron chi connectivity index (χ4n) is 2.61. The van der Waals surface area contributed by atoms with E-state index in [-0.39, 0.29) is 12.3 Å². The molecular weight excluding hydrogens is 392 g/mol. The second-order valence-corrected chi connectivity index (χ2v) is 6.50. The molecule has 3 N–H and O–H groups in total. The summed E-state index contributed by atoms with van der Waals surface area (Å²) in [5.74, 6) is 0.528. The Morgan fingerprint density at radius 1 is 1.07 bits per heavy atom. The Kier molecular flexibility index (Phi) is 5.17. The van der Waals surface area contributed by atoms with Crippen LogP contribution in [0.2, 0.25) is 5.15 Å². The van der Waals surface area contributed by atoms with Gasteiger partial charge in [-0.05, 0) is 48.0 Å². The normalized spacial score (nSPS) is 10.7. The Labute approximate surface area is 170 Å². The number of amides is 1. The molecule has 29 heavy (non-hydrogen) atoms. The van der Waals surface area contributed by atoms with Crippen molar-refractivity contribution in [1.82, 2.24) is 19.9 Å². The summed E-state index contributed by atoms with van der Waals surface area (Å²) in [6.07, 6.45) is 4.84. The number of carbonyl (C=O) groups excluding carboxylic acids is 1. The van der Waals surface area contributed by atoms with E-state index in [2.05, 4.69) is 25.3 Å². The van der Waals surface area contributed by atoms with Gasteiger partial charge in [-0.25, -0.2) is 15.0 Å². The number of primary amides is 1. The van der Waals surface area contributed by atoms with Gasteiger partial charge in [-0.3, -0.25) is 9.78 Å². The van der Waals surface area contributed by atoms with Crippen molar-refractivity contribution in [2.45, 2.75) is 6.61 Å². The third-order valence-corrected chi connectivity index (χ3v) is 4.24. The number of rotatable bonds is 6. The van der Waals surface area contributed by atoms with E-state index in [1.54, 1.807) is 36.7 Å². The third kappa shape index (κ3) is 4.56. The molecule has 0 radical (unpaired) electrons. The van der Waals surface area contributed by atoms with Gasteiger partial charge >= 0.3 is 0 Å². The largest absolute Gasteiger partial charge is 0.489 e. The Morgan fingerprint density at radius 3 is 2.76 bits per heavy atom. The number of carbonyl (C=O) groups is 1. The van der Waals surface area contributed by atoms with Crippen molar-refractivity contribution < 1.29 is 9.53 Å². The van der Waals surface area contributed by atoms with Crippen LogP contribution in [0.4, 0.5) is 11.6 Å². The first-order valence-electron chi connectivity index (χ1n) is 8.60. The maximum absolute atomic E-state index is 11.2. The Morgan fingerprint density at radius 2 is 1.97 bits per heavy atom. The zero-order valence-corrected chi connectivity index (χ0v) is 15.8. The number of pyridine rings is 2. The van der Waals surface area contributed by atoms with Gasteiger partial charge in [-0.1, -0.05) is 11.6 Å². The number of nitrogens with zero attached hydrogens (tertiary/aromatic N) is 4. The molecule has 0 saturated heterocycles. The van der Waals surface area contributed by atoms with Crippen LogP contribution in [0, 0.1) is 0 Å². The van der Waals surface area contributed by atoms with E-state index >= 15 is 0 Å². The minimum absolute atomic E-state index is 0.203. The zero-order valence-electron chi connectivity index (χ0n) is 15.0. The molecule has 4 aromatic rings. The van der Waals surface area contributed by atoms with E-state index in [0.717, 1.165) is 22.2 Å². The predicted octanol–water partition coefficient (Wildman–Crippen LogP) is 3.49. The van der Waals surface area contributed by atoms with Crippen molar-refractivity contribution in [2.75, 3.05) is 5.32 Å². The van der Waals surface area contributed by atoms with Crippen molar-refractivity contribution in [3.05, 3.63) is 77.5 Å². The molecule has 0 aliphatic rings. The number of benzene rings is 1. The van der Waals surface area contributed by atoms with Gasteiger partial charge in [0.15, 0.2) is 0 Å². The van der Waals surface area contributed by atoms with Crippen molar-refractivity contribution >= 4 is 40.0 Å². The molecule has 8 nitrogen and oxygen atoms in total. The number of nitrogens with one attached hydrogen (secondary N) is 1. The molecule has 3 heterocycles. The molecule has 9 heteroatoms. The summed E-state index contributed by atoms with van der Waals surface area (Å²) in [7, 11) is 0. The van der Waals surface area contributed by atoms with Crippen molar-refractivity contribution in [1.29, 1.82) is 0 Å². The van der Waals surface area contributed by atoms with Crippen LogP contribution in [-0.2, 0) is 6.61 Å². The number of halogens is 1. The lowest BCUT2D eigenvalue weighted by Gasteiger charge is -2.09. The Balaban J connectivity index is 1.47. The molecule has 0 aliphatic carbocycles. The van der Waals surface area contributed by atoms with Crippen LogP contribution >= 0.6 is 11.6 Å². The van der Waals surface area contributed by atoms with E-state index in [0.29, 0.717) is 16.9 Å². The van der Waals surface area contributed by atoms with Crippen molar-refractivity contribution in [3.63, 3.8) is 0 Å². The van der Waals surface area contributed by atoms with Gasteiger partial charge in [0.1, 0.15) is 23.2 Å². The van der Waals surface area contributed by atoms with Gasteiger partial charge in [0.25, 0.3) is 5.91 Å². The zero-order chi connectivity index (χ0) is 20.2. The molecule has 1 aromatic carbocycles. The van der Waals surface area contributed by atoms with Gasteiger partial charge in [0.05, 0.1) is 17.4 Å². The number of anilines is 2. The molecule has 0 bridgehead atoms. The highest BCUT2D eigenvalue weighted by molar-refractivity contribution is 6.29. The minimum atomic E-state index is -0.575. The first-order chi connectivity index (χ1) is 14.1. The van der Waals surface area contributed by atoms with Crippen LogP contribution in [0.15, 0.2) is 61.1 Å². The molecule has 0 fully saturated rings. The van der Waals surface area contributed by atoms with Crippen LogP contribution < -0.4 is 15.8 Å². The lowest BCUT2D eigenvalue weighted by Crippen LogP contribution is -2.13. The summed E-state index contributed by atoms with van der Waals surface area (Å²) in [5, 5.41) is 4.33. The van der Waals surface area contributed by atoms with Gasteiger partial charge in [0, 0.05) is 17.8 Å². The van der Waals surface area contributed by atoms with Crippen LogP contribution in [0.5, 0.6) is 5.75 Å². The number of aromatic nitrogens is 4. The van der Waals surface area contributed by atoms with Gasteiger partial charge < -0.3 is 15.8 Å². The fraction of sp³-hybridized carbons (Fsp3) is 0.0500. The van der Waals surface area contributed by atoms with Crippen LogP contribution in [0.3, 0.4) is 0 Å². The molecule has 4 rings (SSSR count). The highest BCUT2D eigenvalue weighted by Crippen LogP contribution is 2.22. The first kappa shape index (κ1) is 18.6. The summed E-state index contributed by atoms with van der Waals surface area (Å²) in [6.45, 7) is 0.276. The van der Waals surface area contributed by atoms with Crippen LogP contribution in [0.1, 0.15) is 16.1 Å². The standard InChI is InChI=1S/C20H15ClN6O2/c21-18-4-1-14(10-24-18)26-20-25-9-13-8-15(2-3-16(13)27-20)29-11-12-5-6-23-17(7-12)19(22)28/h1-10H,11H2,(H2,22,28)(H,25,26,27). The minimum Gasteiger partial charge on any atom is -0.489 e. The second kappa shape index (κ2) is 8.07. The summed E-state index contributed by atoms with van der Waals surface area (Å²) in [5.41, 5.74) is 7.74. The van der Waals surface area contributed by atoms with E-state index in [4.69, 9.17) is 22.1 Å². The summed E-state index contributed by atoms with van der Waals surface area (Å²) < 4.78 is 5.80. The molecule has 3 aromatic heterocycles. The monoisotopic (exact) mass is 406 g/mol. The molecule has 0 atom stereocenters. The molecule has 0 spiro atoms. The molecule has 0 unspecified atom stereocenters. The summed E-state index contributed by atoms with van der Waals surface area (Å²) >= 11 is 5.79. The second-order valence-electron chi connectivity index (χ2n) is 6.11. The fourth-order valence-corrected chi connectivity index (χ4v) is 2.72. The number of ether oxygens (including phenoxy) is 1. The van der Waals surface area contributed by atoms with Crippen molar-refractivity contribution in [2.24, 2.45) is 5.73 Å². The number of nitrogens with two attached hydrogens (primary N) is 1. The average Bonchev–Trinajstić information content (AvgIpc) is 2.74. The van der Waals surface area contributed by atoms with E-state index in [9.17, 15) is 4.79 Å². The molecule has 0 aliphatic heterocycles. The highest BCUT2D eigenvalue weighted by Gasteiger charge is 2.06. The molecule has 1 amide bonds. The van der Waals surface area contributed by atoms with Gasteiger partial charge in [0.2, 0.25) is 5.95 Å².